The van der Waals surface area contributed by atoms with E-state index in [2.05, 4.69) is 42.6 Å². The van der Waals surface area contributed by atoms with Crippen molar-refractivity contribution in [1.29, 1.82) is 0 Å². The van der Waals surface area contributed by atoms with Gasteiger partial charge >= 0.3 is 0 Å². The Labute approximate surface area is 234 Å². The highest BCUT2D eigenvalue weighted by molar-refractivity contribution is 6.30. The van der Waals surface area contributed by atoms with Crippen LogP contribution < -0.4 is 14.8 Å². The van der Waals surface area contributed by atoms with E-state index < -0.39 is 5.82 Å². The monoisotopic (exact) mass is 545 g/mol. The third kappa shape index (κ3) is 8.33. The Balaban J connectivity index is 1.48. The highest BCUT2D eigenvalue weighted by atomic mass is 35.5. The van der Waals surface area contributed by atoms with Crippen LogP contribution in [0.4, 0.5) is 4.39 Å². The predicted octanol–water partition coefficient (Wildman–Crippen LogP) is 8.07. The summed E-state index contributed by atoms with van der Waals surface area (Å²) in [6.07, 6.45) is 2.51. The lowest BCUT2D eigenvalue weighted by molar-refractivity contribution is -0.118. The number of amides is 1. The van der Waals surface area contributed by atoms with Crippen LogP contribution in [0.25, 0.3) is 11.1 Å². The highest BCUT2D eigenvalue weighted by Crippen LogP contribution is 2.30. The number of carbonyl (C=O) groups excluding carboxylic acids is 1. The summed E-state index contributed by atoms with van der Waals surface area (Å²) in [7, 11) is 0. The van der Waals surface area contributed by atoms with Gasteiger partial charge in [-0.05, 0) is 83.8 Å². The van der Waals surface area contributed by atoms with Gasteiger partial charge in [-0.15, -0.1) is 0 Å². The van der Waals surface area contributed by atoms with Crippen molar-refractivity contribution >= 4 is 17.5 Å². The Morgan fingerprint density at radius 3 is 2.46 bits per heavy atom. The van der Waals surface area contributed by atoms with Crippen LogP contribution in [0.1, 0.15) is 42.0 Å². The second kappa shape index (κ2) is 13.8. The van der Waals surface area contributed by atoms with Crippen molar-refractivity contribution in [3.05, 3.63) is 118 Å². The van der Waals surface area contributed by atoms with Gasteiger partial charge in [-0.25, -0.2) is 4.39 Å². The first-order valence-electron chi connectivity index (χ1n) is 13.1. The lowest BCUT2D eigenvalue weighted by Gasteiger charge is -2.16. The van der Waals surface area contributed by atoms with Crippen LogP contribution in [0.5, 0.6) is 11.5 Å². The highest BCUT2D eigenvalue weighted by Gasteiger charge is 2.11. The second-order valence-corrected chi connectivity index (χ2v) is 9.96. The van der Waals surface area contributed by atoms with Gasteiger partial charge in [0.15, 0.2) is 0 Å². The van der Waals surface area contributed by atoms with Crippen LogP contribution >= 0.6 is 11.6 Å². The quantitative estimate of drug-likeness (QED) is 0.183. The lowest BCUT2D eigenvalue weighted by atomic mass is 9.97. The molecule has 1 N–H and O–H groups in total. The van der Waals surface area contributed by atoms with Crippen LogP contribution in [0, 0.1) is 12.7 Å². The standard InChI is InChI=1S/C33H33ClFNO3/c1-23-28(12-8-13-32(23)26-9-4-3-5-10-26)22-38-31-15-14-27(11-6-7-16-36-24(2)37)33(20-31)39-21-25-17-29(34)19-30(35)18-25/h3-5,8-10,12-15,17-20H,6-7,11,16,21-22H2,1-2H3,(H,36,37). The maximum absolute atomic E-state index is 13.8. The molecule has 0 saturated carbocycles. The fourth-order valence-corrected chi connectivity index (χ4v) is 4.70. The van der Waals surface area contributed by atoms with Crippen molar-refractivity contribution in [2.45, 2.75) is 46.3 Å². The number of nitrogens with one attached hydrogen (secondary N) is 1. The molecule has 0 unspecified atom stereocenters. The predicted molar refractivity (Wildman–Crippen MR) is 155 cm³/mol. The Kier molecular flexibility index (Phi) is 9.98. The summed E-state index contributed by atoms with van der Waals surface area (Å²) in [4.78, 5) is 11.1. The average Bonchev–Trinajstić information content (AvgIpc) is 2.91. The third-order valence-electron chi connectivity index (χ3n) is 6.53. The van der Waals surface area contributed by atoms with Crippen LogP contribution in [0.3, 0.4) is 0 Å². The first-order valence-corrected chi connectivity index (χ1v) is 13.5. The second-order valence-electron chi connectivity index (χ2n) is 9.52. The Morgan fingerprint density at radius 1 is 0.872 bits per heavy atom. The first kappa shape index (κ1) is 28.2. The van der Waals surface area contributed by atoms with E-state index in [1.807, 2.05) is 36.4 Å². The Bertz CT molecular complexity index is 1390. The molecule has 39 heavy (non-hydrogen) atoms. The number of unbranched alkanes of at least 4 members (excludes halogenated alkanes) is 1. The van der Waals surface area contributed by atoms with E-state index >= 15 is 0 Å². The van der Waals surface area contributed by atoms with Crippen LogP contribution in [0.2, 0.25) is 5.02 Å². The molecule has 1 amide bonds. The maximum Gasteiger partial charge on any atom is 0.216 e. The molecule has 0 aliphatic rings. The van der Waals surface area contributed by atoms with E-state index in [0.717, 1.165) is 30.4 Å². The summed E-state index contributed by atoms with van der Waals surface area (Å²) < 4.78 is 26.2. The van der Waals surface area contributed by atoms with Gasteiger partial charge in [-0.2, -0.15) is 0 Å². The molecule has 4 aromatic carbocycles. The molecular weight excluding hydrogens is 513 g/mol. The number of halogens is 2. The summed E-state index contributed by atoms with van der Waals surface area (Å²) in [5, 5.41) is 3.16. The number of rotatable bonds is 12. The number of benzene rings is 4. The van der Waals surface area contributed by atoms with E-state index in [9.17, 15) is 9.18 Å². The van der Waals surface area contributed by atoms with E-state index in [4.69, 9.17) is 21.1 Å². The fourth-order valence-electron chi connectivity index (χ4n) is 4.46. The zero-order valence-electron chi connectivity index (χ0n) is 22.3. The molecule has 0 fully saturated rings. The number of hydrogen-bond donors (Lipinski definition) is 1. The largest absolute Gasteiger partial charge is 0.489 e. The van der Waals surface area contributed by atoms with Crippen molar-refractivity contribution in [3.8, 4) is 22.6 Å². The lowest BCUT2D eigenvalue weighted by Crippen LogP contribution is -2.20. The van der Waals surface area contributed by atoms with Crippen molar-refractivity contribution in [2.75, 3.05) is 6.54 Å². The normalized spacial score (nSPS) is 10.8. The van der Waals surface area contributed by atoms with Gasteiger partial charge in [0, 0.05) is 24.6 Å². The van der Waals surface area contributed by atoms with Gasteiger partial charge in [0.2, 0.25) is 5.91 Å². The summed E-state index contributed by atoms with van der Waals surface area (Å²) in [6, 6.07) is 26.8. The van der Waals surface area contributed by atoms with Crippen molar-refractivity contribution in [3.63, 3.8) is 0 Å². The van der Waals surface area contributed by atoms with Gasteiger partial charge in [0.05, 0.1) is 0 Å². The maximum atomic E-state index is 13.8. The fraction of sp³-hybridized carbons (Fsp3) is 0.242. The van der Waals surface area contributed by atoms with Gasteiger partial charge in [-0.1, -0.05) is 66.2 Å². The van der Waals surface area contributed by atoms with E-state index in [0.29, 0.717) is 35.2 Å². The Morgan fingerprint density at radius 2 is 1.69 bits per heavy atom. The molecule has 0 aromatic heterocycles. The smallest absolute Gasteiger partial charge is 0.216 e. The molecule has 4 nitrogen and oxygen atoms in total. The third-order valence-corrected chi connectivity index (χ3v) is 6.75. The minimum atomic E-state index is -0.399. The zero-order valence-corrected chi connectivity index (χ0v) is 23.1. The average molecular weight is 546 g/mol. The van der Waals surface area contributed by atoms with Crippen LogP contribution in [0.15, 0.2) is 84.9 Å². The molecule has 0 spiro atoms. The molecule has 0 heterocycles. The van der Waals surface area contributed by atoms with Crippen LogP contribution in [-0.2, 0) is 24.4 Å². The van der Waals surface area contributed by atoms with Gasteiger partial charge in [-0.3, -0.25) is 4.79 Å². The summed E-state index contributed by atoms with van der Waals surface area (Å²) >= 11 is 6.03. The summed E-state index contributed by atoms with van der Waals surface area (Å²) in [5.74, 6) is 0.944. The minimum Gasteiger partial charge on any atom is -0.489 e. The van der Waals surface area contributed by atoms with E-state index in [1.165, 1.54) is 35.7 Å². The SMILES string of the molecule is CC(=O)NCCCCc1ccc(OCc2cccc(-c3ccccc3)c2C)cc1OCc1cc(F)cc(Cl)c1. The van der Waals surface area contributed by atoms with E-state index in [1.54, 1.807) is 6.07 Å². The molecule has 4 aromatic rings. The summed E-state index contributed by atoms with van der Waals surface area (Å²) in [5.41, 5.74) is 6.32. The summed E-state index contributed by atoms with van der Waals surface area (Å²) in [6.45, 7) is 4.86. The Hall–Kier alpha value is -3.83. The molecule has 0 aliphatic heterocycles. The molecular formula is C33H33ClFNO3. The molecule has 0 saturated heterocycles. The topological polar surface area (TPSA) is 47.6 Å². The molecule has 6 heteroatoms. The van der Waals surface area contributed by atoms with Gasteiger partial charge < -0.3 is 14.8 Å². The van der Waals surface area contributed by atoms with Crippen molar-refractivity contribution < 1.29 is 18.7 Å². The van der Waals surface area contributed by atoms with Crippen molar-refractivity contribution in [1.82, 2.24) is 5.32 Å². The first-order chi connectivity index (χ1) is 18.9. The van der Waals surface area contributed by atoms with E-state index in [-0.39, 0.29) is 12.5 Å². The molecule has 0 atom stereocenters. The molecule has 0 aliphatic carbocycles. The molecule has 0 bridgehead atoms. The molecule has 0 radical (unpaired) electrons. The molecule has 4 rings (SSSR count). The zero-order chi connectivity index (χ0) is 27.6. The van der Waals surface area contributed by atoms with Crippen molar-refractivity contribution in [2.24, 2.45) is 0 Å². The number of aryl methyl sites for hydroxylation is 1. The minimum absolute atomic E-state index is 0.0289. The van der Waals surface area contributed by atoms with Gasteiger partial charge in [0.1, 0.15) is 30.5 Å². The van der Waals surface area contributed by atoms with Gasteiger partial charge in [0.25, 0.3) is 0 Å². The molecule has 202 valence electrons. The van der Waals surface area contributed by atoms with Crippen LogP contribution in [-0.4, -0.2) is 12.5 Å². The number of hydrogen-bond acceptors (Lipinski definition) is 3. The number of carbonyl (C=O) groups is 1. The number of ether oxygens (including phenoxy) is 2.